The van der Waals surface area contributed by atoms with Gasteiger partial charge in [-0.15, -0.1) is 0 Å². The van der Waals surface area contributed by atoms with Crippen LogP contribution in [0.5, 0.6) is 0 Å². The highest BCUT2D eigenvalue weighted by Gasteiger charge is 2.55. The predicted octanol–water partition coefficient (Wildman–Crippen LogP) is 6.72. The van der Waals surface area contributed by atoms with Crippen LogP contribution in [0.1, 0.15) is 73.6 Å². The standard InChI is InChI=1S/C32H46O2Si/c1-24-27(32(7)21-14-20-31(5,6)29(32)23-28(24)33)19-22-34-35(30(2,3)4,25-15-10-8-11-16-25)26-17-12-9-13-18-26/h8-13,15-18,27-29,33H,1,14,19-23H2,2-7H3/t27-,28+,29-,32+/m0/s1. The molecule has 1 N–H and O–H groups in total. The van der Waals surface area contributed by atoms with Crippen LogP contribution in [0, 0.1) is 22.7 Å². The maximum Gasteiger partial charge on any atom is 0.261 e. The van der Waals surface area contributed by atoms with Gasteiger partial charge in [0.2, 0.25) is 0 Å². The van der Waals surface area contributed by atoms with E-state index in [9.17, 15) is 5.11 Å². The van der Waals surface area contributed by atoms with E-state index in [4.69, 9.17) is 4.43 Å². The summed E-state index contributed by atoms with van der Waals surface area (Å²) in [5.41, 5.74) is 1.46. The normalized spacial score (nSPS) is 29.0. The molecule has 0 amide bonds. The molecule has 0 radical (unpaired) electrons. The highest BCUT2D eigenvalue weighted by Crippen LogP contribution is 2.61. The molecule has 4 rings (SSSR count). The van der Waals surface area contributed by atoms with Crippen molar-refractivity contribution in [3.05, 3.63) is 72.8 Å². The molecule has 2 nitrogen and oxygen atoms in total. The Morgan fingerprint density at radius 3 is 2.00 bits per heavy atom. The summed E-state index contributed by atoms with van der Waals surface area (Å²) in [7, 11) is -2.56. The first kappa shape index (κ1) is 26.4. The van der Waals surface area contributed by atoms with E-state index in [-0.39, 0.29) is 21.8 Å². The van der Waals surface area contributed by atoms with Gasteiger partial charge in [-0.2, -0.15) is 0 Å². The Morgan fingerprint density at radius 2 is 1.49 bits per heavy atom. The number of rotatable bonds is 6. The summed E-state index contributed by atoms with van der Waals surface area (Å²) in [6, 6.07) is 21.8. The van der Waals surface area contributed by atoms with Crippen molar-refractivity contribution in [3.8, 4) is 0 Å². The van der Waals surface area contributed by atoms with E-state index in [1.807, 2.05) is 0 Å². The average Bonchev–Trinajstić information content (AvgIpc) is 2.80. The van der Waals surface area contributed by atoms with Gasteiger partial charge in [0.05, 0.1) is 6.10 Å². The number of hydrogen-bond acceptors (Lipinski definition) is 2. The number of aliphatic hydroxyl groups is 1. The minimum absolute atomic E-state index is 0.0297. The van der Waals surface area contributed by atoms with Gasteiger partial charge in [-0.1, -0.05) is 115 Å². The second-order valence-corrected chi connectivity index (χ2v) is 17.4. The fourth-order valence-electron chi connectivity index (χ4n) is 7.81. The number of hydrogen-bond donors (Lipinski definition) is 1. The molecular weight excluding hydrogens is 444 g/mol. The Hall–Kier alpha value is -1.68. The van der Waals surface area contributed by atoms with Crippen LogP contribution >= 0.6 is 0 Å². The van der Waals surface area contributed by atoms with E-state index < -0.39 is 14.4 Å². The third kappa shape index (κ3) is 4.60. The van der Waals surface area contributed by atoms with Crippen molar-refractivity contribution in [2.24, 2.45) is 22.7 Å². The first-order valence-corrected chi connectivity index (χ1v) is 15.5. The lowest BCUT2D eigenvalue weighted by molar-refractivity contribution is -0.0856. The van der Waals surface area contributed by atoms with Crippen molar-refractivity contribution >= 4 is 18.7 Å². The van der Waals surface area contributed by atoms with Gasteiger partial charge >= 0.3 is 0 Å². The number of benzene rings is 2. The zero-order chi connectivity index (χ0) is 25.5. The van der Waals surface area contributed by atoms with Gasteiger partial charge in [0.25, 0.3) is 8.32 Å². The van der Waals surface area contributed by atoms with Gasteiger partial charge in [-0.3, -0.25) is 0 Å². The summed E-state index contributed by atoms with van der Waals surface area (Å²) >= 11 is 0. The Labute approximate surface area is 214 Å². The molecule has 0 saturated heterocycles. The average molecular weight is 491 g/mol. The van der Waals surface area contributed by atoms with Crippen LogP contribution in [-0.2, 0) is 4.43 Å². The van der Waals surface area contributed by atoms with Crippen molar-refractivity contribution in [1.82, 2.24) is 0 Å². The van der Waals surface area contributed by atoms with E-state index in [1.54, 1.807) is 0 Å². The van der Waals surface area contributed by atoms with Gasteiger partial charge < -0.3 is 9.53 Å². The summed E-state index contributed by atoms with van der Waals surface area (Å²) in [6.45, 7) is 19.4. The maximum absolute atomic E-state index is 11.0. The molecule has 0 bridgehead atoms. The molecule has 0 spiro atoms. The molecule has 35 heavy (non-hydrogen) atoms. The Morgan fingerprint density at radius 1 is 0.943 bits per heavy atom. The first-order valence-electron chi connectivity index (χ1n) is 13.6. The molecule has 2 saturated carbocycles. The third-order valence-electron chi connectivity index (χ3n) is 9.55. The van der Waals surface area contributed by atoms with Gasteiger partial charge in [0.15, 0.2) is 0 Å². The van der Waals surface area contributed by atoms with E-state index in [2.05, 4.69) is 109 Å². The summed E-state index contributed by atoms with van der Waals surface area (Å²) in [4.78, 5) is 0. The van der Waals surface area contributed by atoms with E-state index in [0.29, 0.717) is 12.5 Å². The molecule has 4 atom stereocenters. The lowest BCUT2D eigenvalue weighted by Crippen LogP contribution is -2.66. The van der Waals surface area contributed by atoms with Crippen LogP contribution < -0.4 is 10.4 Å². The minimum atomic E-state index is -2.56. The first-order chi connectivity index (χ1) is 16.4. The molecule has 0 aliphatic heterocycles. The van der Waals surface area contributed by atoms with E-state index in [0.717, 1.165) is 18.4 Å². The Kier molecular flexibility index (Phi) is 7.27. The smallest absolute Gasteiger partial charge is 0.261 e. The fraction of sp³-hybridized carbons (Fsp3) is 0.562. The quantitative estimate of drug-likeness (QED) is 0.360. The number of fused-ring (bicyclic) bond motifs is 1. The van der Waals surface area contributed by atoms with Crippen LogP contribution in [0.3, 0.4) is 0 Å². The molecule has 2 aliphatic carbocycles. The molecule has 2 aromatic rings. The maximum atomic E-state index is 11.0. The minimum Gasteiger partial charge on any atom is -0.407 e. The van der Waals surface area contributed by atoms with Crippen molar-refractivity contribution in [1.29, 1.82) is 0 Å². The molecule has 190 valence electrons. The molecule has 2 aromatic carbocycles. The molecule has 3 heteroatoms. The Bertz CT molecular complexity index is 967. The molecule has 0 unspecified atom stereocenters. The largest absolute Gasteiger partial charge is 0.407 e. The SMILES string of the molecule is C=C1[C@H](O)C[C@H]2C(C)(C)CCC[C@]2(C)[C@H]1CCO[Si](c1ccccc1)(c1ccccc1)C(C)(C)C. The molecule has 0 heterocycles. The lowest BCUT2D eigenvalue weighted by Gasteiger charge is -2.59. The van der Waals surface area contributed by atoms with Gasteiger partial charge in [-0.05, 0) is 69.3 Å². The highest BCUT2D eigenvalue weighted by atomic mass is 28.4. The molecule has 0 aromatic heterocycles. The zero-order valence-corrected chi connectivity index (χ0v) is 23.8. The lowest BCUT2D eigenvalue weighted by atomic mass is 9.47. The van der Waals surface area contributed by atoms with Crippen molar-refractivity contribution in [3.63, 3.8) is 0 Å². The second-order valence-electron chi connectivity index (χ2n) is 13.1. The molecule has 2 aliphatic rings. The summed E-state index contributed by atoms with van der Waals surface area (Å²) < 4.78 is 7.25. The fourth-order valence-corrected chi connectivity index (χ4v) is 12.4. The van der Waals surface area contributed by atoms with Gasteiger partial charge in [0, 0.05) is 6.61 Å². The predicted molar refractivity (Wildman–Crippen MR) is 151 cm³/mol. The van der Waals surface area contributed by atoms with E-state index in [1.165, 1.54) is 29.6 Å². The highest BCUT2D eigenvalue weighted by molar-refractivity contribution is 6.99. The van der Waals surface area contributed by atoms with Crippen LogP contribution in [0.4, 0.5) is 0 Å². The third-order valence-corrected chi connectivity index (χ3v) is 14.6. The van der Waals surface area contributed by atoms with Crippen LogP contribution in [0.15, 0.2) is 72.8 Å². The van der Waals surface area contributed by atoms with Crippen LogP contribution in [-0.4, -0.2) is 26.1 Å². The Balaban J connectivity index is 1.68. The van der Waals surface area contributed by atoms with Gasteiger partial charge in [0.1, 0.15) is 0 Å². The monoisotopic (exact) mass is 490 g/mol. The molecular formula is C32H46O2Si. The summed E-state index contributed by atoms with van der Waals surface area (Å²) in [5, 5.41) is 13.7. The second kappa shape index (κ2) is 9.65. The topological polar surface area (TPSA) is 29.5 Å². The zero-order valence-electron chi connectivity index (χ0n) is 22.8. The van der Waals surface area contributed by atoms with Crippen LogP contribution in [0.2, 0.25) is 5.04 Å². The molecule has 2 fully saturated rings. The summed E-state index contributed by atoms with van der Waals surface area (Å²) in [6.07, 6.45) is 5.10. The van der Waals surface area contributed by atoms with Crippen molar-refractivity contribution in [2.45, 2.75) is 84.8 Å². The number of aliphatic hydroxyl groups excluding tert-OH is 1. The summed E-state index contributed by atoms with van der Waals surface area (Å²) in [5.74, 6) is 0.802. The van der Waals surface area contributed by atoms with Crippen LogP contribution in [0.25, 0.3) is 0 Å². The van der Waals surface area contributed by atoms with Crippen molar-refractivity contribution < 1.29 is 9.53 Å². The van der Waals surface area contributed by atoms with Crippen molar-refractivity contribution in [2.75, 3.05) is 6.61 Å². The van der Waals surface area contributed by atoms with E-state index >= 15 is 0 Å². The van der Waals surface area contributed by atoms with Gasteiger partial charge in [-0.25, -0.2) is 0 Å².